The number of nitrogens with zero attached hydrogens (tertiary/aromatic N) is 2. The average molecular weight is 254 g/mol. The second kappa shape index (κ2) is 5.42. The maximum absolute atomic E-state index is 12.0. The zero-order valence-electron chi connectivity index (χ0n) is 11.8. The normalized spacial score (nSPS) is 13.4. The third-order valence-electron chi connectivity index (χ3n) is 2.50. The second-order valence-electron chi connectivity index (χ2n) is 5.39. The Hall–Kier alpha value is -1.52. The van der Waals surface area contributed by atoms with Crippen LogP contribution in [0.15, 0.2) is 17.2 Å². The predicted molar refractivity (Wildman–Crippen MR) is 69.5 cm³/mol. The number of rotatable bonds is 4. The van der Waals surface area contributed by atoms with Crippen molar-refractivity contribution >= 4 is 5.97 Å². The van der Waals surface area contributed by atoms with Crippen LogP contribution < -0.4 is 5.69 Å². The highest BCUT2D eigenvalue weighted by atomic mass is 16.6. The van der Waals surface area contributed by atoms with E-state index in [0.29, 0.717) is 6.54 Å². The first-order valence-electron chi connectivity index (χ1n) is 6.26. The molecule has 0 aliphatic heterocycles. The molecule has 1 rings (SSSR count). The summed E-state index contributed by atoms with van der Waals surface area (Å²) in [5.41, 5.74) is -0.712. The molecular weight excluding hydrogens is 232 g/mol. The quantitative estimate of drug-likeness (QED) is 0.772. The van der Waals surface area contributed by atoms with Crippen molar-refractivity contribution in [3.05, 3.63) is 22.9 Å². The van der Waals surface area contributed by atoms with Crippen LogP contribution in [-0.4, -0.2) is 20.7 Å². The van der Waals surface area contributed by atoms with E-state index in [4.69, 9.17) is 4.74 Å². The first-order valence-corrected chi connectivity index (χ1v) is 6.26. The molecule has 1 atom stereocenters. The molecule has 0 saturated heterocycles. The van der Waals surface area contributed by atoms with Crippen LogP contribution in [0.25, 0.3) is 0 Å². The smallest absolute Gasteiger partial charge is 0.329 e. The zero-order valence-corrected chi connectivity index (χ0v) is 11.8. The number of imidazole rings is 1. The van der Waals surface area contributed by atoms with E-state index in [1.165, 1.54) is 4.57 Å². The molecule has 0 spiro atoms. The molecule has 1 aromatic heterocycles. The summed E-state index contributed by atoms with van der Waals surface area (Å²) >= 11 is 0. The van der Waals surface area contributed by atoms with Gasteiger partial charge in [-0.15, -0.1) is 0 Å². The SMILES string of the molecule is CCCn1ccn(C(C)C(=O)OC(C)(C)C)c1=O. The highest BCUT2D eigenvalue weighted by molar-refractivity contribution is 5.74. The molecule has 0 fully saturated rings. The molecule has 1 unspecified atom stereocenters. The van der Waals surface area contributed by atoms with Gasteiger partial charge in [0, 0.05) is 18.9 Å². The van der Waals surface area contributed by atoms with Gasteiger partial charge in [-0.25, -0.2) is 9.59 Å². The molecule has 0 saturated carbocycles. The zero-order chi connectivity index (χ0) is 13.9. The van der Waals surface area contributed by atoms with Crippen molar-refractivity contribution in [1.82, 2.24) is 9.13 Å². The van der Waals surface area contributed by atoms with Crippen molar-refractivity contribution in [2.75, 3.05) is 0 Å². The summed E-state index contributed by atoms with van der Waals surface area (Å²) < 4.78 is 8.27. The van der Waals surface area contributed by atoms with Crippen molar-refractivity contribution in [3.63, 3.8) is 0 Å². The van der Waals surface area contributed by atoms with E-state index in [1.54, 1.807) is 23.9 Å². The van der Waals surface area contributed by atoms with Crippen molar-refractivity contribution in [1.29, 1.82) is 0 Å². The Labute approximate surface area is 107 Å². The summed E-state index contributed by atoms with van der Waals surface area (Å²) in [6.45, 7) is 9.76. The molecule has 5 nitrogen and oxygen atoms in total. The van der Waals surface area contributed by atoms with Crippen molar-refractivity contribution in [2.24, 2.45) is 0 Å². The standard InChI is InChI=1S/C13H22N2O3/c1-6-7-14-8-9-15(12(14)17)10(2)11(16)18-13(3,4)5/h8-10H,6-7H2,1-5H3. The Balaban J connectivity index is 2.88. The first-order chi connectivity index (χ1) is 8.26. The monoisotopic (exact) mass is 254 g/mol. The lowest BCUT2D eigenvalue weighted by molar-refractivity contribution is -0.158. The summed E-state index contributed by atoms with van der Waals surface area (Å²) in [6, 6.07) is -0.602. The van der Waals surface area contributed by atoms with E-state index < -0.39 is 11.6 Å². The number of carbonyl (C=O) groups excluding carboxylic acids is 1. The van der Waals surface area contributed by atoms with Gasteiger partial charge in [0.2, 0.25) is 0 Å². The van der Waals surface area contributed by atoms with Crippen LogP contribution in [0, 0.1) is 0 Å². The van der Waals surface area contributed by atoms with Crippen LogP contribution >= 0.6 is 0 Å². The average Bonchev–Trinajstić information content (AvgIpc) is 2.58. The Morgan fingerprint density at radius 1 is 1.39 bits per heavy atom. The minimum Gasteiger partial charge on any atom is -0.458 e. The van der Waals surface area contributed by atoms with E-state index >= 15 is 0 Å². The molecule has 0 N–H and O–H groups in total. The van der Waals surface area contributed by atoms with E-state index in [0.717, 1.165) is 6.42 Å². The van der Waals surface area contributed by atoms with E-state index in [2.05, 4.69) is 0 Å². The molecule has 18 heavy (non-hydrogen) atoms. The molecule has 1 heterocycles. The van der Waals surface area contributed by atoms with Crippen molar-refractivity contribution in [2.45, 2.75) is 59.2 Å². The lowest BCUT2D eigenvalue weighted by Gasteiger charge is -2.22. The minimum atomic E-state index is -0.602. The second-order valence-corrected chi connectivity index (χ2v) is 5.39. The van der Waals surface area contributed by atoms with Crippen LogP contribution in [0.2, 0.25) is 0 Å². The van der Waals surface area contributed by atoms with Gasteiger partial charge in [-0.05, 0) is 34.1 Å². The first kappa shape index (κ1) is 14.5. The maximum atomic E-state index is 12.0. The predicted octanol–water partition coefficient (Wildman–Crippen LogP) is 1.96. The summed E-state index contributed by atoms with van der Waals surface area (Å²) in [5, 5.41) is 0. The lowest BCUT2D eigenvalue weighted by atomic mass is 10.2. The molecule has 5 heteroatoms. The fourth-order valence-electron chi connectivity index (χ4n) is 1.63. The van der Waals surface area contributed by atoms with Gasteiger partial charge in [-0.3, -0.25) is 9.13 Å². The number of aryl methyl sites for hydroxylation is 1. The van der Waals surface area contributed by atoms with E-state index in [-0.39, 0.29) is 11.7 Å². The van der Waals surface area contributed by atoms with Gasteiger partial charge >= 0.3 is 11.7 Å². The Bertz CT molecular complexity index is 465. The molecule has 0 aliphatic rings. The number of hydrogen-bond acceptors (Lipinski definition) is 3. The molecular formula is C13H22N2O3. The van der Waals surface area contributed by atoms with E-state index in [1.807, 2.05) is 27.7 Å². The third-order valence-corrected chi connectivity index (χ3v) is 2.50. The topological polar surface area (TPSA) is 53.2 Å². The molecule has 1 aromatic rings. The van der Waals surface area contributed by atoms with Crippen LogP contribution in [-0.2, 0) is 16.1 Å². The van der Waals surface area contributed by atoms with Gasteiger partial charge in [0.25, 0.3) is 0 Å². The van der Waals surface area contributed by atoms with Gasteiger partial charge in [0.15, 0.2) is 0 Å². The van der Waals surface area contributed by atoms with Crippen LogP contribution in [0.1, 0.15) is 47.1 Å². The summed E-state index contributed by atoms with van der Waals surface area (Å²) in [5.74, 6) is -0.390. The highest BCUT2D eigenvalue weighted by Crippen LogP contribution is 2.13. The van der Waals surface area contributed by atoms with Crippen LogP contribution in [0.5, 0.6) is 0 Å². The van der Waals surface area contributed by atoms with Gasteiger partial charge in [0.1, 0.15) is 11.6 Å². The minimum absolute atomic E-state index is 0.171. The largest absolute Gasteiger partial charge is 0.458 e. The van der Waals surface area contributed by atoms with Gasteiger partial charge in [-0.1, -0.05) is 6.92 Å². The number of hydrogen-bond donors (Lipinski definition) is 0. The Morgan fingerprint density at radius 3 is 2.50 bits per heavy atom. The molecule has 102 valence electrons. The molecule has 0 aromatic carbocycles. The van der Waals surface area contributed by atoms with E-state index in [9.17, 15) is 9.59 Å². The van der Waals surface area contributed by atoms with Crippen molar-refractivity contribution < 1.29 is 9.53 Å². The molecule has 0 aliphatic carbocycles. The molecule has 0 radical (unpaired) electrons. The summed E-state index contributed by atoms with van der Waals surface area (Å²) in [7, 11) is 0. The molecule has 0 bridgehead atoms. The molecule has 0 amide bonds. The number of carbonyl (C=O) groups is 1. The number of ether oxygens (including phenoxy) is 1. The number of aromatic nitrogens is 2. The third kappa shape index (κ3) is 3.48. The number of esters is 1. The van der Waals surface area contributed by atoms with Gasteiger partial charge in [0.05, 0.1) is 0 Å². The maximum Gasteiger partial charge on any atom is 0.329 e. The van der Waals surface area contributed by atoms with Crippen molar-refractivity contribution in [3.8, 4) is 0 Å². The van der Waals surface area contributed by atoms with Gasteiger partial charge < -0.3 is 4.74 Å². The fourth-order valence-corrected chi connectivity index (χ4v) is 1.63. The fraction of sp³-hybridized carbons (Fsp3) is 0.692. The lowest BCUT2D eigenvalue weighted by Crippen LogP contribution is -2.34. The Kier molecular flexibility index (Phi) is 4.38. The highest BCUT2D eigenvalue weighted by Gasteiger charge is 2.24. The van der Waals surface area contributed by atoms with Crippen LogP contribution in [0.3, 0.4) is 0 Å². The Morgan fingerprint density at radius 2 is 2.00 bits per heavy atom. The summed E-state index contributed by atoms with van der Waals surface area (Å²) in [4.78, 5) is 23.9. The van der Waals surface area contributed by atoms with Crippen LogP contribution in [0.4, 0.5) is 0 Å². The summed E-state index contributed by atoms with van der Waals surface area (Å²) in [6.07, 6.45) is 4.21. The van der Waals surface area contributed by atoms with Gasteiger partial charge in [-0.2, -0.15) is 0 Å².